The van der Waals surface area contributed by atoms with Crippen molar-refractivity contribution in [1.82, 2.24) is 20.0 Å². The van der Waals surface area contributed by atoms with Crippen LogP contribution in [0.5, 0.6) is 0 Å². The van der Waals surface area contributed by atoms with Crippen molar-refractivity contribution in [2.45, 2.75) is 58.6 Å². The molecule has 1 aliphatic rings. The van der Waals surface area contributed by atoms with Crippen LogP contribution in [-0.4, -0.2) is 45.4 Å². The topological polar surface area (TPSA) is 76.5 Å². The summed E-state index contributed by atoms with van der Waals surface area (Å²) in [6, 6.07) is 14.1. The SMILES string of the molecule is Cc1ccc(-n2ncc(C(=O)NCc3ccc(F)cc3)c2C2CCN(C(=O)OC(C)(C)C)CC2)cc1. The van der Waals surface area contributed by atoms with Crippen LogP contribution in [0.4, 0.5) is 9.18 Å². The second-order valence-corrected chi connectivity index (χ2v) is 10.2. The molecule has 2 amide bonds. The number of hydrogen-bond acceptors (Lipinski definition) is 4. The summed E-state index contributed by atoms with van der Waals surface area (Å²) in [5, 5.41) is 7.52. The highest BCUT2D eigenvalue weighted by Crippen LogP contribution is 2.33. The number of aromatic nitrogens is 2. The molecule has 0 aliphatic carbocycles. The maximum absolute atomic E-state index is 13.3. The van der Waals surface area contributed by atoms with Crippen LogP contribution in [0.1, 0.15) is 66.7 Å². The summed E-state index contributed by atoms with van der Waals surface area (Å²) in [6.07, 6.45) is 2.67. The third-order valence-electron chi connectivity index (χ3n) is 6.23. The summed E-state index contributed by atoms with van der Waals surface area (Å²) in [5.74, 6) is -0.509. The number of hydrogen-bond donors (Lipinski definition) is 1. The van der Waals surface area contributed by atoms with Crippen LogP contribution in [0.2, 0.25) is 0 Å². The predicted octanol–water partition coefficient (Wildman–Crippen LogP) is 5.36. The van der Waals surface area contributed by atoms with Crippen molar-refractivity contribution >= 4 is 12.0 Å². The monoisotopic (exact) mass is 492 g/mol. The fourth-order valence-corrected chi connectivity index (χ4v) is 4.36. The number of rotatable bonds is 5. The van der Waals surface area contributed by atoms with Gasteiger partial charge in [0, 0.05) is 25.6 Å². The summed E-state index contributed by atoms with van der Waals surface area (Å²) in [5.41, 5.74) is 3.61. The van der Waals surface area contributed by atoms with Gasteiger partial charge in [0.25, 0.3) is 5.91 Å². The van der Waals surface area contributed by atoms with Crippen molar-refractivity contribution in [1.29, 1.82) is 0 Å². The molecule has 0 radical (unpaired) electrons. The van der Waals surface area contributed by atoms with Gasteiger partial charge in [-0.15, -0.1) is 0 Å². The Morgan fingerprint density at radius 3 is 2.31 bits per heavy atom. The van der Waals surface area contributed by atoms with Gasteiger partial charge >= 0.3 is 6.09 Å². The summed E-state index contributed by atoms with van der Waals surface area (Å²) in [4.78, 5) is 27.5. The molecule has 8 heteroatoms. The van der Waals surface area contributed by atoms with Gasteiger partial charge in [0.15, 0.2) is 0 Å². The van der Waals surface area contributed by atoms with Crippen LogP contribution in [0.15, 0.2) is 54.7 Å². The lowest BCUT2D eigenvalue weighted by Crippen LogP contribution is -2.41. The Kier molecular flexibility index (Phi) is 7.43. The Labute approximate surface area is 211 Å². The Bertz CT molecular complexity index is 1210. The highest BCUT2D eigenvalue weighted by atomic mass is 19.1. The van der Waals surface area contributed by atoms with E-state index in [1.807, 2.05) is 56.6 Å². The average Bonchev–Trinajstić information content (AvgIpc) is 3.28. The molecular formula is C28H33FN4O3. The molecular weight excluding hydrogens is 459 g/mol. The van der Waals surface area contributed by atoms with E-state index in [4.69, 9.17) is 4.74 Å². The van der Waals surface area contributed by atoms with E-state index in [0.717, 1.165) is 22.5 Å². The maximum atomic E-state index is 13.3. The molecule has 2 heterocycles. The van der Waals surface area contributed by atoms with E-state index in [1.165, 1.54) is 12.1 Å². The number of nitrogens with one attached hydrogen (secondary N) is 1. The number of aryl methyl sites for hydroxylation is 1. The standard InChI is InChI=1S/C28H33FN4O3/c1-19-5-11-23(12-6-19)33-25(21-13-15-32(16-14-21)27(35)36-28(2,3)4)24(18-31-33)26(34)30-17-20-7-9-22(29)10-8-20/h5-12,18,21H,13-17H2,1-4H3,(H,30,34). The minimum atomic E-state index is -0.548. The fourth-order valence-electron chi connectivity index (χ4n) is 4.36. The van der Waals surface area contributed by atoms with Crippen molar-refractivity contribution in [2.75, 3.05) is 13.1 Å². The van der Waals surface area contributed by atoms with Gasteiger partial charge in [-0.2, -0.15) is 5.10 Å². The molecule has 0 unspecified atom stereocenters. The fraction of sp³-hybridized carbons (Fsp3) is 0.393. The third kappa shape index (κ3) is 6.11. The van der Waals surface area contributed by atoms with E-state index in [-0.39, 0.29) is 30.3 Å². The van der Waals surface area contributed by atoms with E-state index < -0.39 is 5.60 Å². The number of piperidine rings is 1. The number of carbonyl (C=O) groups excluding carboxylic acids is 2. The van der Waals surface area contributed by atoms with E-state index in [9.17, 15) is 14.0 Å². The van der Waals surface area contributed by atoms with E-state index >= 15 is 0 Å². The zero-order valence-electron chi connectivity index (χ0n) is 21.3. The molecule has 4 rings (SSSR count). The minimum absolute atomic E-state index is 0.0408. The van der Waals surface area contributed by atoms with Crippen LogP contribution in [0, 0.1) is 12.7 Å². The molecule has 1 saturated heterocycles. The lowest BCUT2D eigenvalue weighted by atomic mass is 9.90. The molecule has 190 valence electrons. The lowest BCUT2D eigenvalue weighted by molar-refractivity contribution is 0.0203. The van der Waals surface area contributed by atoms with Gasteiger partial charge < -0.3 is 15.0 Å². The molecule has 1 aromatic heterocycles. The zero-order valence-corrected chi connectivity index (χ0v) is 21.3. The molecule has 0 atom stereocenters. The molecule has 2 aromatic carbocycles. The summed E-state index contributed by atoms with van der Waals surface area (Å²) in [6.45, 7) is 8.95. The summed E-state index contributed by atoms with van der Waals surface area (Å²) in [7, 11) is 0. The molecule has 36 heavy (non-hydrogen) atoms. The van der Waals surface area contributed by atoms with Crippen molar-refractivity contribution in [2.24, 2.45) is 0 Å². The third-order valence-corrected chi connectivity index (χ3v) is 6.23. The van der Waals surface area contributed by atoms with Gasteiger partial charge in [-0.1, -0.05) is 29.8 Å². The van der Waals surface area contributed by atoms with Gasteiger partial charge in [-0.25, -0.2) is 13.9 Å². The minimum Gasteiger partial charge on any atom is -0.444 e. The number of halogens is 1. The first kappa shape index (κ1) is 25.4. The van der Waals surface area contributed by atoms with E-state index in [0.29, 0.717) is 31.5 Å². The normalized spacial score (nSPS) is 14.5. The largest absolute Gasteiger partial charge is 0.444 e. The Balaban J connectivity index is 1.56. The number of likely N-dealkylation sites (tertiary alicyclic amines) is 1. The van der Waals surface area contributed by atoms with E-state index in [1.54, 1.807) is 23.2 Å². The molecule has 0 bridgehead atoms. The van der Waals surface area contributed by atoms with Crippen molar-refractivity contribution in [3.8, 4) is 5.69 Å². The maximum Gasteiger partial charge on any atom is 0.410 e. The smallest absolute Gasteiger partial charge is 0.410 e. The lowest BCUT2D eigenvalue weighted by Gasteiger charge is -2.34. The number of ether oxygens (including phenoxy) is 1. The highest BCUT2D eigenvalue weighted by Gasteiger charge is 2.32. The van der Waals surface area contributed by atoms with Gasteiger partial charge in [0.2, 0.25) is 0 Å². The molecule has 0 spiro atoms. The quantitative estimate of drug-likeness (QED) is 0.520. The summed E-state index contributed by atoms with van der Waals surface area (Å²) >= 11 is 0. The zero-order chi connectivity index (χ0) is 25.9. The van der Waals surface area contributed by atoms with Crippen LogP contribution in [0.25, 0.3) is 5.69 Å². The van der Waals surface area contributed by atoms with Crippen LogP contribution in [-0.2, 0) is 11.3 Å². The van der Waals surface area contributed by atoms with Crippen LogP contribution in [0.3, 0.4) is 0 Å². The Morgan fingerprint density at radius 1 is 1.06 bits per heavy atom. The first-order chi connectivity index (χ1) is 17.1. The van der Waals surface area contributed by atoms with Crippen LogP contribution < -0.4 is 5.32 Å². The molecule has 3 aromatic rings. The van der Waals surface area contributed by atoms with Crippen molar-refractivity contribution < 1.29 is 18.7 Å². The molecule has 0 saturated carbocycles. The molecule has 7 nitrogen and oxygen atoms in total. The average molecular weight is 493 g/mol. The summed E-state index contributed by atoms with van der Waals surface area (Å²) < 4.78 is 20.6. The number of benzene rings is 2. The van der Waals surface area contributed by atoms with Gasteiger partial charge in [-0.3, -0.25) is 4.79 Å². The van der Waals surface area contributed by atoms with Gasteiger partial charge in [0.1, 0.15) is 11.4 Å². The Morgan fingerprint density at radius 2 is 1.69 bits per heavy atom. The number of amides is 2. The van der Waals surface area contributed by atoms with Crippen molar-refractivity contribution in [3.05, 3.63) is 82.9 Å². The molecule has 1 aliphatic heterocycles. The molecule has 1 N–H and O–H groups in total. The Hall–Kier alpha value is -3.68. The van der Waals surface area contributed by atoms with E-state index in [2.05, 4.69) is 10.4 Å². The second-order valence-electron chi connectivity index (χ2n) is 10.2. The van der Waals surface area contributed by atoms with Crippen LogP contribution >= 0.6 is 0 Å². The first-order valence-corrected chi connectivity index (χ1v) is 12.3. The first-order valence-electron chi connectivity index (χ1n) is 12.3. The van der Waals surface area contributed by atoms with Gasteiger partial charge in [0.05, 0.1) is 23.1 Å². The highest BCUT2D eigenvalue weighted by molar-refractivity contribution is 5.95. The van der Waals surface area contributed by atoms with Crippen molar-refractivity contribution in [3.63, 3.8) is 0 Å². The predicted molar refractivity (Wildman–Crippen MR) is 136 cm³/mol. The number of nitrogens with zero attached hydrogens (tertiary/aromatic N) is 3. The second kappa shape index (κ2) is 10.5. The number of carbonyl (C=O) groups is 2. The molecule has 1 fully saturated rings. The van der Waals surface area contributed by atoms with Gasteiger partial charge in [-0.05, 0) is 70.4 Å².